The number of fused-ring (bicyclic) bond motifs is 2. The van der Waals surface area contributed by atoms with Gasteiger partial charge in [0.25, 0.3) is 0 Å². The standard InChI is InChI=1S/C21H23ClFN5O3/c1-30-28-18-6-4-16(22)20(23)15(18)10-24-11-19(29)25-7-2-8-31-13-3-5-17-14(9-13)21(28)27-12-26-17/h3,5,9-10,12,18,24H,2,4,6-8,11H2,1H3,(H,25,29)/b15-10-. The van der Waals surface area contributed by atoms with Crippen LogP contribution in [0.2, 0.25) is 0 Å². The highest BCUT2D eigenvalue weighted by Crippen LogP contribution is 2.38. The number of nitrogens with zero attached hydrogens (tertiary/aromatic N) is 3. The molecule has 0 saturated heterocycles. The monoisotopic (exact) mass is 447 g/mol. The highest BCUT2D eigenvalue weighted by Gasteiger charge is 2.33. The lowest BCUT2D eigenvalue weighted by Crippen LogP contribution is -2.40. The molecule has 4 rings (SSSR count). The molecule has 1 aromatic carbocycles. The Bertz CT molecular complexity index is 1040. The van der Waals surface area contributed by atoms with Crippen LogP contribution in [0.4, 0.5) is 10.2 Å². The zero-order chi connectivity index (χ0) is 21.8. The summed E-state index contributed by atoms with van der Waals surface area (Å²) in [5.74, 6) is 0.406. The Kier molecular flexibility index (Phi) is 6.53. The number of anilines is 1. The second kappa shape index (κ2) is 9.49. The molecule has 0 fully saturated rings. The molecule has 0 spiro atoms. The number of hydroxylamine groups is 1. The van der Waals surface area contributed by atoms with Gasteiger partial charge in [-0.05, 0) is 37.5 Å². The fourth-order valence-corrected chi connectivity index (χ4v) is 3.91. The average molecular weight is 448 g/mol. The number of aromatic nitrogens is 2. The second-order valence-electron chi connectivity index (χ2n) is 7.19. The van der Waals surface area contributed by atoms with Crippen LogP contribution in [-0.4, -0.2) is 48.7 Å². The van der Waals surface area contributed by atoms with E-state index in [9.17, 15) is 4.79 Å². The molecule has 8 nitrogen and oxygen atoms in total. The molecule has 2 N–H and O–H groups in total. The molecule has 1 atom stereocenters. The fraction of sp³-hybridized carbons (Fsp3) is 0.381. The van der Waals surface area contributed by atoms with Crippen LogP contribution in [0.5, 0.6) is 5.75 Å². The molecular weight excluding hydrogens is 425 g/mol. The van der Waals surface area contributed by atoms with Crippen molar-refractivity contribution >= 4 is 34.2 Å². The van der Waals surface area contributed by atoms with Gasteiger partial charge in [-0.2, -0.15) is 0 Å². The second-order valence-corrected chi connectivity index (χ2v) is 7.65. The third-order valence-electron chi connectivity index (χ3n) is 5.19. The first kappa shape index (κ1) is 21.3. The minimum absolute atomic E-state index is 0.00571. The van der Waals surface area contributed by atoms with E-state index in [4.69, 9.17) is 21.2 Å². The minimum Gasteiger partial charge on any atom is -0.494 e. The topological polar surface area (TPSA) is 88.6 Å². The number of hydrogen-bond donors (Lipinski definition) is 2. The third kappa shape index (κ3) is 4.57. The normalized spacial score (nSPS) is 22.3. The minimum atomic E-state index is -0.531. The summed E-state index contributed by atoms with van der Waals surface area (Å²) in [4.78, 5) is 26.5. The van der Waals surface area contributed by atoms with Crippen molar-refractivity contribution in [1.29, 1.82) is 0 Å². The molecule has 2 aliphatic rings. The van der Waals surface area contributed by atoms with Gasteiger partial charge < -0.3 is 15.4 Å². The maximum absolute atomic E-state index is 15.0. The Labute approximate surface area is 184 Å². The number of halogens is 2. The highest BCUT2D eigenvalue weighted by atomic mass is 35.5. The quantitative estimate of drug-likeness (QED) is 0.694. The smallest absolute Gasteiger partial charge is 0.239 e. The average Bonchev–Trinajstić information content (AvgIpc) is 2.77. The van der Waals surface area contributed by atoms with Gasteiger partial charge in [-0.1, -0.05) is 11.6 Å². The third-order valence-corrected chi connectivity index (χ3v) is 5.55. The molecular formula is C21H23ClFN5O3. The lowest BCUT2D eigenvalue weighted by Gasteiger charge is -2.34. The lowest BCUT2D eigenvalue weighted by molar-refractivity contribution is -0.120. The van der Waals surface area contributed by atoms with E-state index in [1.165, 1.54) is 19.6 Å². The predicted octanol–water partition coefficient (Wildman–Crippen LogP) is 2.95. The Hall–Kier alpha value is -2.91. The van der Waals surface area contributed by atoms with E-state index in [-0.39, 0.29) is 23.1 Å². The first-order valence-electron chi connectivity index (χ1n) is 10.0. The van der Waals surface area contributed by atoms with Crippen LogP contribution in [0, 0.1) is 0 Å². The number of rotatable bonds is 1. The molecule has 31 heavy (non-hydrogen) atoms. The number of allylic oxidation sites excluding steroid dienone is 1. The van der Waals surface area contributed by atoms with Gasteiger partial charge in [0.2, 0.25) is 5.91 Å². The van der Waals surface area contributed by atoms with Crippen molar-refractivity contribution in [2.45, 2.75) is 25.3 Å². The largest absolute Gasteiger partial charge is 0.494 e. The van der Waals surface area contributed by atoms with E-state index < -0.39 is 11.9 Å². The molecule has 10 heteroatoms. The van der Waals surface area contributed by atoms with E-state index in [0.717, 1.165) is 5.39 Å². The van der Waals surface area contributed by atoms with Gasteiger partial charge in [0.15, 0.2) is 5.82 Å². The Morgan fingerprint density at radius 3 is 3.06 bits per heavy atom. The molecule has 2 bridgehead atoms. The van der Waals surface area contributed by atoms with Crippen LogP contribution >= 0.6 is 11.6 Å². The van der Waals surface area contributed by atoms with E-state index >= 15 is 4.39 Å². The molecule has 1 aliphatic heterocycles. The number of carbonyl (C=O) groups excluding carboxylic acids is 1. The first-order chi connectivity index (χ1) is 15.1. The molecule has 0 saturated carbocycles. The molecule has 0 radical (unpaired) electrons. The number of ether oxygens (including phenoxy) is 1. The van der Waals surface area contributed by atoms with Crippen molar-refractivity contribution in [1.82, 2.24) is 20.6 Å². The molecule has 1 aliphatic carbocycles. The van der Waals surface area contributed by atoms with Crippen LogP contribution < -0.4 is 20.4 Å². The van der Waals surface area contributed by atoms with Crippen molar-refractivity contribution < 1.29 is 18.8 Å². The van der Waals surface area contributed by atoms with Crippen molar-refractivity contribution in [3.8, 4) is 5.75 Å². The summed E-state index contributed by atoms with van der Waals surface area (Å²) in [7, 11) is 1.50. The molecule has 1 aromatic heterocycles. The van der Waals surface area contributed by atoms with Gasteiger partial charge in [0.1, 0.15) is 17.9 Å². The van der Waals surface area contributed by atoms with Crippen molar-refractivity contribution in [3.63, 3.8) is 0 Å². The van der Waals surface area contributed by atoms with Gasteiger partial charge in [-0.15, -0.1) is 0 Å². The number of amides is 1. The van der Waals surface area contributed by atoms with Gasteiger partial charge in [0, 0.05) is 23.7 Å². The number of hydrogen-bond acceptors (Lipinski definition) is 7. The van der Waals surface area contributed by atoms with Gasteiger partial charge in [0.05, 0.1) is 36.9 Å². The van der Waals surface area contributed by atoms with E-state index in [1.54, 1.807) is 5.06 Å². The summed E-state index contributed by atoms with van der Waals surface area (Å²) >= 11 is 6.11. The molecule has 164 valence electrons. The van der Waals surface area contributed by atoms with E-state index in [0.29, 0.717) is 49.5 Å². The number of carbonyl (C=O) groups is 1. The number of nitrogens with one attached hydrogen (secondary N) is 2. The number of benzene rings is 1. The Morgan fingerprint density at radius 1 is 1.35 bits per heavy atom. The van der Waals surface area contributed by atoms with E-state index in [2.05, 4.69) is 20.6 Å². The zero-order valence-corrected chi connectivity index (χ0v) is 17.8. The first-order valence-corrected chi connectivity index (χ1v) is 10.4. The summed E-state index contributed by atoms with van der Waals surface area (Å²) in [5, 5.41) is 8.10. The van der Waals surface area contributed by atoms with Gasteiger partial charge in [-0.3, -0.25) is 9.63 Å². The molecule has 1 amide bonds. The fourth-order valence-electron chi connectivity index (χ4n) is 3.69. The summed E-state index contributed by atoms with van der Waals surface area (Å²) in [6.07, 6.45) is 4.42. The molecule has 2 heterocycles. The highest BCUT2D eigenvalue weighted by molar-refractivity contribution is 6.30. The summed E-state index contributed by atoms with van der Waals surface area (Å²) in [6, 6.07) is 4.99. The van der Waals surface area contributed by atoms with Crippen LogP contribution in [-0.2, 0) is 9.63 Å². The lowest BCUT2D eigenvalue weighted by atomic mass is 9.94. The van der Waals surface area contributed by atoms with Crippen molar-refractivity contribution in [3.05, 3.63) is 47.2 Å². The maximum Gasteiger partial charge on any atom is 0.239 e. The summed E-state index contributed by atoms with van der Waals surface area (Å²) in [5.41, 5.74) is 0.999. The van der Waals surface area contributed by atoms with Gasteiger partial charge >= 0.3 is 0 Å². The maximum atomic E-state index is 15.0. The van der Waals surface area contributed by atoms with Crippen LogP contribution in [0.15, 0.2) is 47.2 Å². The SMILES string of the molecule is CON1c2ncnc3ccc(cc23)OCCCNC(=O)CN/C=C2\C(F)=C(Cl)CCC21. The predicted molar refractivity (Wildman–Crippen MR) is 115 cm³/mol. The Balaban J connectivity index is 1.82. The molecule has 1 unspecified atom stereocenters. The van der Waals surface area contributed by atoms with E-state index in [1.807, 2.05) is 18.2 Å². The molecule has 2 aromatic rings. The van der Waals surface area contributed by atoms with Crippen LogP contribution in [0.1, 0.15) is 19.3 Å². The summed E-state index contributed by atoms with van der Waals surface area (Å²) < 4.78 is 20.9. The Morgan fingerprint density at radius 2 is 2.23 bits per heavy atom. The van der Waals surface area contributed by atoms with Crippen LogP contribution in [0.3, 0.4) is 0 Å². The zero-order valence-electron chi connectivity index (χ0n) is 17.0. The van der Waals surface area contributed by atoms with Crippen molar-refractivity contribution in [2.75, 3.05) is 31.9 Å². The van der Waals surface area contributed by atoms with Crippen molar-refractivity contribution in [2.24, 2.45) is 0 Å². The summed E-state index contributed by atoms with van der Waals surface area (Å²) in [6.45, 7) is 0.919. The van der Waals surface area contributed by atoms with Gasteiger partial charge in [-0.25, -0.2) is 19.4 Å². The van der Waals surface area contributed by atoms with Crippen LogP contribution in [0.25, 0.3) is 10.9 Å².